The Kier molecular flexibility index (Phi) is 5.49. The van der Waals surface area contributed by atoms with E-state index < -0.39 is 7.60 Å². The van der Waals surface area contributed by atoms with Gasteiger partial charge in [-0.15, -0.1) is 0 Å². The highest BCUT2D eigenvalue weighted by molar-refractivity contribution is 7.58. The number of hydrogen-bond acceptors (Lipinski definition) is 5. The molecule has 0 aromatic heterocycles. The zero-order valence-electron chi connectivity index (χ0n) is 9.86. The van der Waals surface area contributed by atoms with E-state index in [0.717, 1.165) is 23.9 Å². The molecule has 16 heavy (non-hydrogen) atoms. The first-order valence-corrected chi connectivity index (χ1v) is 7.18. The van der Waals surface area contributed by atoms with Gasteiger partial charge in [-0.2, -0.15) is 0 Å². The smallest absolute Gasteiger partial charge is 0.359 e. The molecule has 0 aliphatic heterocycles. The Labute approximate surface area is 96.4 Å². The van der Waals surface area contributed by atoms with Gasteiger partial charge < -0.3 is 19.5 Å². The summed E-state index contributed by atoms with van der Waals surface area (Å²) in [5, 5.41) is 12.5. The Hall–Kier alpha value is -0.350. The van der Waals surface area contributed by atoms with E-state index in [0.29, 0.717) is 19.8 Å². The average Bonchev–Trinajstić information content (AvgIpc) is 2.16. The van der Waals surface area contributed by atoms with Crippen molar-refractivity contribution in [1.82, 2.24) is 5.32 Å². The molecule has 94 valence electrons. The van der Waals surface area contributed by atoms with Gasteiger partial charge in [0.25, 0.3) is 0 Å². The van der Waals surface area contributed by atoms with Crippen LogP contribution in [0, 0.1) is 0 Å². The summed E-state index contributed by atoms with van der Waals surface area (Å²) in [6.45, 7) is 4.86. The summed E-state index contributed by atoms with van der Waals surface area (Å²) in [6.07, 6.45) is 1.59. The topological polar surface area (TPSA) is 67.8 Å². The first-order valence-electron chi connectivity index (χ1n) is 5.64. The summed E-state index contributed by atoms with van der Waals surface area (Å²) >= 11 is 0. The van der Waals surface area contributed by atoms with Crippen molar-refractivity contribution in [3.63, 3.8) is 0 Å². The van der Waals surface area contributed by atoms with Crippen LogP contribution in [0.4, 0.5) is 0 Å². The predicted molar refractivity (Wildman–Crippen MR) is 62.2 cm³/mol. The molecule has 0 saturated carbocycles. The van der Waals surface area contributed by atoms with E-state index in [4.69, 9.17) is 14.2 Å². The van der Waals surface area contributed by atoms with Crippen LogP contribution in [0.2, 0.25) is 0 Å². The van der Waals surface area contributed by atoms with Crippen molar-refractivity contribution >= 4 is 7.60 Å². The summed E-state index contributed by atoms with van der Waals surface area (Å²) < 4.78 is 22.9. The highest BCUT2D eigenvalue weighted by Gasteiger charge is 2.36. The summed E-state index contributed by atoms with van der Waals surface area (Å²) in [6, 6.07) is 0. The van der Waals surface area contributed by atoms with Crippen LogP contribution in [-0.2, 0) is 13.6 Å². The first-order chi connectivity index (χ1) is 7.68. The summed E-state index contributed by atoms with van der Waals surface area (Å²) in [5.74, 6) is 0. The van der Waals surface area contributed by atoms with Gasteiger partial charge in [0.1, 0.15) is 0 Å². The van der Waals surface area contributed by atoms with Crippen LogP contribution >= 0.6 is 7.60 Å². The van der Waals surface area contributed by atoms with E-state index in [-0.39, 0.29) is 6.61 Å². The van der Waals surface area contributed by atoms with Crippen LogP contribution in [0.1, 0.15) is 26.7 Å². The molecule has 0 aromatic rings. The molecule has 0 spiro atoms. The van der Waals surface area contributed by atoms with E-state index >= 15 is 0 Å². The van der Waals surface area contributed by atoms with Crippen molar-refractivity contribution in [3.8, 4) is 0 Å². The Morgan fingerprint density at radius 3 is 2.31 bits per heavy atom. The zero-order chi connectivity index (χ0) is 12.0. The molecule has 6 heteroatoms. The molecule has 0 unspecified atom stereocenters. The summed E-state index contributed by atoms with van der Waals surface area (Å²) in [4.78, 5) is 0. The van der Waals surface area contributed by atoms with Crippen molar-refractivity contribution < 1.29 is 18.7 Å². The number of hydrogen-bond donors (Lipinski definition) is 2. The van der Waals surface area contributed by atoms with Gasteiger partial charge in [0, 0.05) is 12.2 Å². The van der Waals surface area contributed by atoms with Gasteiger partial charge in [0.05, 0.1) is 25.1 Å². The van der Waals surface area contributed by atoms with E-state index in [2.05, 4.69) is 5.32 Å². The van der Waals surface area contributed by atoms with E-state index in [1.165, 1.54) is 0 Å². The van der Waals surface area contributed by atoms with Crippen molar-refractivity contribution in [3.05, 3.63) is 11.0 Å². The largest absolute Gasteiger partial charge is 0.395 e. The second-order valence-corrected chi connectivity index (χ2v) is 5.46. The molecule has 0 aromatic carbocycles. The van der Waals surface area contributed by atoms with Crippen molar-refractivity contribution in [2.75, 3.05) is 26.4 Å². The van der Waals surface area contributed by atoms with Crippen molar-refractivity contribution in [2.45, 2.75) is 26.7 Å². The predicted octanol–water partition coefficient (Wildman–Crippen LogP) is 1.84. The third kappa shape index (κ3) is 3.08. The Balaban J connectivity index is 2.74. The Morgan fingerprint density at radius 2 is 1.94 bits per heavy atom. The molecule has 0 amide bonds. The highest BCUT2D eigenvalue weighted by atomic mass is 31.2. The molecule has 0 saturated heterocycles. The van der Waals surface area contributed by atoms with E-state index in [1.807, 2.05) is 0 Å². The van der Waals surface area contributed by atoms with Gasteiger partial charge >= 0.3 is 7.60 Å². The van der Waals surface area contributed by atoms with Gasteiger partial charge in [0.15, 0.2) is 0 Å². The molecule has 5 nitrogen and oxygen atoms in total. The maximum absolute atomic E-state index is 12.4. The van der Waals surface area contributed by atoms with E-state index in [9.17, 15) is 4.57 Å². The van der Waals surface area contributed by atoms with Crippen molar-refractivity contribution in [1.29, 1.82) is 0 Å². The number of aliphatic hydroxyl groups is 1. The minimum atomic E-state index is -3.08. The maximum atomic E-state index is 12.4. The zero-order valence-corrected chi connectivity index (χ0v) is 10.8. The number of rotatable bonds is 8. The molecule has 1 rings (SSSR count). The molecule has 1 aliphatic rings. The Morgan fingerprint density at radius 1 is 1.31 bits per heavy atom. The SMILES string of the molecule is CCOP(=O)(OCC)C1=C(NCCO)CC1. The van der Waals surface area contributed by atoms with Crippen LogP contribution < -0.4 is 5.32 Å². The number of aliphatic hydroxyl groups excluding tert-OH is 1. The third-order valence-electron chi connectivity index (χ3n) is 2.34. The lowest BCUT2D eigenvalue weighted by Gasteiger charge is -2.29. The van der Waals surface area contributed by atoms with Gasteiger partial charge in [-0.05, 0) is 26.7 Å². The maximum Gasteiger partial charge on any atom is 0.359 e. The van der Waals surface area contributed by atoms with Crippen LogP contribution in [0.3, 0.4) is 0 Å². The molecule has 0 heterocycles. The normalized spacial score (nSPS) is 16.2. The lowest BCUT2D eigenvalue weighted by molar-refractivity contribution is 0.223. The molecular weight excluding hydrogens is 229 g/mol. The van der Waals surface area contributed by atoms with Gasteiger partial charge in [-0.1, -0.05) is 0 Å². The molecular formula is C10H20NO4P. The van der Waals surface area contributed by atoms with Gasteiger partial charge in [0.2, 0.25) is 0 Å². The molecule has 0 fully saturated rings. The molecule has 0 radical (unpaired) electrons. The number of nitrogens with one attached hydrogen (secondary N) is 1. The monoisotopic (exact) mass is 249 g/mol. The first kappa shape index (κ1) is 13.7. The number of allylic oxidation sites excluding steroid dienone is 2. The lowest BCUT2D eigenvalue weighted by atomic mass is 10.1. The minimum Gasteiger partial charge on any atom is -0.395 e. The van der Waals surface area contributed by atoms with Gasteiger partial charge in [-0.3, -0.25) is 4.57 Å². The quantitative estimate of drug-likeness (QED) is 0.642. The summed E-state index contributed by atoms with van der Waals surface area (Å²) in [5.41, 5.74) is 0.902. The van der Waals surface area contributed by atoms with Gasteiger partial charge in [-0.25, -0.2) is 0 Å². The fraction of sp³-hybridized carbons (Fsp3) is 0.800. The van der Waals surface area contributed by atoms with Crippen LogP contribution in [0.15, 0.2) is 11.0 Å². The molecule has 0 bridgehead atoms. The second kappa shape index (κ2) is 6.40. The Bertz CT molecular complexity index is 293. The summed E-state index contributed by atoms with van der Waals surface area (Å²) in [7, 11) is -3.08. The van der Waals surface area contributed by atoms with E-state index in [1.54, 1.807) is 13.8 Å². The second-order valence-electron chi connectivity index (χ2n) is 3.41. The minimum absolute atomic E-state index is 0.0599. The molecule has 1 aliphatic carbocycles. The fourth-order valence-electron chi connectivity index (χ4n) is 1.59. The molecule has 2 N–H and O–H groups in total. The highest BCUT2D eigenvalue weighted by Crippen LogP contribution is 2.62. The third-order valence-corrected chi connectivity index (χ3v) is 4.69. The van der Waals surface area contributed by atoms with Crippen molar-refractivity contribution in [2.24, 2.45) is 0 Å². The standard InChI is InChI=1S/C10H20NO4P/c1-3-14-16(13,15-4-2)10-6-5-9(10)11-7-8-12/h11-12H,3-8H2,1-2H3. The molecule has 0 atom stereocenters. The van der Waals surface area contributed by atoms with Crippen LogP contribution in [-0.4, -0.2) is 31.5 Å². The van der Waals surface area contributed by atoms with Crippen LogP contribution in [0.25, 0.3) is 0 Å². The van der Waals surface area contributed by atoms with Crippen LogP contribution in [0.5, 0.6) is 0 Å². The fourth-order valence-corrected chi connectivity index (χ4v) is 3.57. The lowest BCUT2D eigenvalue weighted by Crippen LogP contribution is -2.24. The average molecular weight is 249 g/mol.